The molecule has 6 aromatic rings. The number of allylic oxidation sites excluding steroid dienone is 1. The van der Waals surface area contributed by atoms with Crippen LogP contribution in [0.4, 0.5) is 0 Å². The van der Waals surface area contributed by atoms with Crippen molar-refractivity contribution >= 4 is 11.3 Å². The minimum atomic E-state index is -0.744. The number of aryl methyl sites for hydroxylation is 1. The first-order valence-electron chi connectivity index (χ1n) is 16.0. The van der Waals surface area contributed by atoms with Crippen molar-refractivity contribution in [3.05, 3.63) is 203 Å². The Morgan fingerprint density at radius 3 is 1.85 bits per heavy atom. The SMILES string of the molecule is Cc1ccccc1C(c1ccccc1)(c1cccc(-c2cccc(C3=NC=C(c4ccccc4)CC3C)c2)c1)c1ccccc1O. The highest BCUT2D eigenvalue weighted by Crippen LogP contribution is 2.49. The smallest absolute Gasteiger partial charge is 0.120 e. The highest BCUT2D eigenvalue weighted by molar-refractivity contribution is 6.05. The van der Waals surface area contributed by atoms with Crippen LogP contribution in [-0.4, -0.2) is 10.8 Å². The zero-order valence-electron chi connectivity index (χ0n) is 26.3. The molecule has 1 heterocycles. The molecule has 6 aromatic carbocycles. The van der Waals surface area contributed by atoms with Crippen molar-refractivity contribution in [2.24, 2.45) is 10.9 Å². The van der Waals surface area contributed by atoms with Gasteiger partial charge < -0.3 is 5.11 Å². The van der Waals surface area contributed by atoms with E-state index in [-0.39, 0.29) is 5.75 Å². The Labute approximate surface area is 272 Å². The molecule has 0 radical (unpaired) electrons. The Morgan fingerprint density at radius 2 is 1.13 bits per heavy atom. The van der Waals surface area contributed by atoms with Gasteiger partial charge >= 0.3 is 0 Å². The fraction of sp³-hybridized carbons (Fsp3) is 0.114. The van der Waals surface area contributed by atoms with Crippen LogP contribution in [-0.2, 0) is 5.41 Å². The lowest BCUT2D eigenvalue weighted by molar-refractivity contribution is 0.460. The number of rotatable bonds is 7. The third-order valence-electron chi connectivity index (χ3n) is 9.35. The van der Waals surface area contributed by atoms with Gasteiger partial charge in [0.05, 0.1) is 11.1 Å². The van der Waals surface area contributed by atoms with Crippen LogP contribution in [0, 0.1) is 12.8 Å². The second-order valence-electron chi connectivity index (χ2n) is 12.2. The summed E-state index contributed by atoms with van der Waals surface area (Å²) in [6, 6.07) is 55.0. The van der Waals surface area contributed by atoms with Crippen LogP contribution >= 0.6 is 0 Å². The summed E-state index contributed by atoms with van der Waals surface area (Å²) in [6.07, 6.45) is 3.00. The monoisotopic (exact) mass is 595 g/mol. The number of aromatic hydroxyl groups is 1. The average molecular weight is 596 g/mol. The van der Waals surface area contributed by atoms with Gasteiger partial charge in [0.15, 0.2) is 0 Å². The molecule has 0 saturated carbocycles. The second kappa shape index (κ2) is 12.5. The molecule has 224 valence electrons. The molecule has 2 nitrogen and oxygen atoms in total. The van der Waals surface area contributed by atoms with Gasteiger partial charge in [-0.3, -0.25) is 4.99 Å². The summed E-state index contributed by atoms with van der Waals surface area (Å²) in [5, 5.41) is 11.5. The number of phenolic OH excluding ortho intramolecular Hbond substituents is 1. The van der Waals surface area contributed by atoms with Crippen molar-refractivity contribution < 1.29 is 5.11 Å². The lowest BCUT2D eigenvalue weighted by Gasteiger charge is -2.38. The summed E-state index contributed by atoms with van der Waals surface area (Å²) in [6.45, 7) is 4.43. The zero-order valence-corrected chi connectivity index (χ0v) is 26.3. The van der Waals surface area contributed by atoms with E-state index in [2.05, 4.69) is 147 Å². The van der Waals surface area contributed by atoms with Gasteiger partial charge in [0.1, 0.15) is 5.75 Å². The van der Waals surface area contributed by atoms with Gasteiger partial charge in [-0.1, -0.05) is 146 Å². The number of hydrogen-bond donors (Lipinski definition) is 1. The fourth-order valence-corrected chi connectivity index (χ4v) is 7.15. The normalized spacial score (nSPS) is 15.8. The van der Waals surface area contributed by atoms with Gasteiger partial charge in [0.25, 0.3) is 0 Å². The van der Waals surface area contributed by atoms with Gasteiger partial charge in [0.2, 0.25) is 0 Å². The minimum absolute atomic E-state index is 0.272. The Kier molecular flexibility index (Phi) is 7.95. The maximum absolute atomic E-state index is 11.5. The number of nitrogens with zero attached hydrogens (tertiary/aromatic N) is 1. The lowest BCUT2D eigenvalue weighted by Crippen LogP contribution is -2.32. The van der Waals surface area contributed by atoms with E-state index in [1.54, 1.807) is 6.07 Å². The van der Waals surface area contributed by atoms with Gasteiger partial charge in [-0.15, -0.1) is 0 Å². The molecule has 0 fully saturated rings. The van der Waals surface area contributed by atoms with E-state index in [1.165, 1.54) is 11.1 Å². The molecule has 0 bridgehead atoms. The molecule has 0 saturated heterocycles. The Morgan fingerprint density at radius 1 is 0.565 bits per heavy atom. The molecule has 7 rings (SSSR count). The van der Waals surface area contributed by atoms with Crippen LogP contribution in [0.3, 0.4) is 0 Å². The first kappa shape index (κ1) is 29.3. The topological polar surface area (TPSA) is 32.6 Å². The van der Waals surface area contributed by atoms with Gasteiger partial charge in [-0.05, 0) is 81.6 Å². The highest BCUT2D eigenvalue weighted by atomic mass is 16.3. The van der Waals surface area contributed by atoms with Crippen LogP contribution in [0.25, 0.3) is 16.7 Å². The molecule has 2 atom stereocenters. The number of hydrogen-bond acceptors (Lipinski definition) is 2. The van der Waals surface area contributed by atoms with Crippen LogP contribution in [0.1, 0.15) is 52.3 Å². The molecule has 1 aliphatic heterocycles. The summed E-state index contributed by atoms with van der Waals surface area (Å²) in [5.74, 6) is 0.573. The Balaban J connectivity index is 1.38. The van der Waals surface area contributed by atoms with E-state index in [1.807, 2.05) is 24.4 Å². The number of para-hydroxylation sites is 1. The van der Waals surface area contributed by atoms with Crippen LogP contribution in [0.15, 0.2) is 169 Å². The van der Waals surface area contributed by atoms with Gasteiger partial charge in [-0.25, -0.2) is 0 Å². The molecule has 2 heteroatoms. The van der Waals surface area contributed by atoms with Crippen molar-refractivity contribution in [1.82, 2.24) is 0 Å². The van der Waals surface area contributed by atoms with Crippen molar-refractivity contribution in [2.45, 2.75) is 25.7 Å². The first-order chi connectivity index (χ1) is 22.6. The zero-order chi connectivity index (χ0) is 31.5. The Hall–Kier alpha value is -5.47. The van der Waals surface area contributed by atoms with Crippen LogP contribution in [0.5, 0.6) is 5.75 Å². The van der Waals surface area contributed by atoms with E-state index in [0.717, 1.165) is 56.6 Å². The molecule has 0 amide bonds. The van der Waals surface area contributed by atoms with E-state index >= 15 is 0 Å². The van der Waals surface area contributed by atoms with E-state index in [0.29, 0.717) is 5.92 Å². The molecule has 1 aliphatic rings. The molecule has 1 N–H and O–H groups in total. The summed E-state index contributed by atoms with van der Waals surface area (Å²) in [7, 11) is 0. The first-order valence-corrected chi connectivity index (χ1v) is 16.0. The van der Waals surface area contributed by atoms with Gasteiger partial charge in [-0.2, -0.15) is 0 Å². The molecule has 2 unspecified atom stereocenters. The molecular formula is C44H37NO. The van der Waals surface area contributed by atoms with Crippen molar-refractivity contribution in [3.63, 3.8) is 0 Å². The maximum atomic E-state index is 11.5. The quantitative estimate of drug-likeness (QED) is 0.183. The Bertz CT molecular complexity index is 2010. The third kappa shape index (κ3) is 5.26. The standard InChI is InChI=1S/C44H37NO/c1-31-15-9-10-24-40(31)44(38-21-7-4-8-22-38,41-25-11-12-26-42(41)46)39-23-14-19-35(29-39)34-18-13-20-36(28-34)43-32(2)27-37(30-45-43)33-16-5-3-6-17-33/h3-26,28-30,32,46H,27H2,1-2H3. The summed E-state index contributed by atoms with van der Waals surface area (Å²) >= 11 is 0. The molecule has 0 aliphatic carbocycles. The summed E-state index contributed by atoms with van der Waals surface area (Å²) < 4.78 is 0. The fourth-order valence-electron chi connectivity index (χ4n) is 7.15. The van der Waals surface area contributed by atoms with Crippen molar-refractivity contribution in [1.29, 1.82) is 0 Å². The number of phenols is 1. The van der Waals surface area contributed by atoms with Crippen molar-refractivity contribution in [3.8, 4) is 16.9 Å². The number of benzene rings is 6. The molecule has 46 heavy (non-hydrogen) atoms. The summed E-state index contributed by atoms with van der Waals surface area (Å²) in [4.78, 5) is 5.00. The average Bonchev–Trinajstić information content (AvgIpc) is 3.11. The molecule has 0 spiro atoms. The van der Waals surface area contributed by atoms with E-state index in [4.69, 9.17) is 4.99 Å². The molecular weight excluding hydrogens is 558 g/mol. The number of aliphatic imine (C=N–C) groups is 1. The second-order valence-corrected chi connectivity index (χ2v) is 12.2. The maximum Gasteiger partial charge on any atom is 0.120 e. The largest absolute Gasteiger partial charge is 0.508 e. The lowest BCUT2D eigenvalue weighted by atomic mass is 9.63. The minimum Gasteiger partial charge on any atom is -0.508 e. The van der Waals surface area contributed by atoms with Crippen LogP contribution < -0.4 is 0 Å². The predicted molar refractivity (Wildman–Crippen MR) is 191 cm³/mol. The van der Waals surface area contributed by atoms with Crippen molar-refractivity contribution in [2.75, 3.05) is 0 Å². The predicted octanol–water partition coefficient (Wildman–Crippen LogP) is 10.6. The molecule has 0 aromatic heterocycles. The highest BCUT2D eigenvalue weighted by Gasteiger charge is 2.41. The van der Waals surface area contributed by atoms with E-state index < -0.39 is 5.41 Å². The van der Waals surface area contributed by atoms with E-state index in [9.17, 15) is 5.11 Å². The van der Waals surface area contributed by atoms with Crippen LogP contribution in [0.2, 0.25) is 0 Å². The van der Waals surface area contributed by atoms with Gasteiger partial charge in [0, 0.05) is 17.7 Å². The summed E-state index contributed by atoms with van der Waals surface area (Å²) in [5.41, 5.74) is 11.6. The third-order valence-corrected chi connectivity index (χ3v) is 9.35.